The number of hydrogen-bond acceptors (Lipinski definition) is 4. The van der Waals surface area contributed by atoms with Gasteiger partial charge in [0.25, 0.3) is 0 Å². The molecular weight excluding hydrogens is 286 g/mol. The van der Waals surface area contributed by atoms with E-state index in [2.05, 4.69) is 15.0 Å². The molecule has 1 saturated carbocycles. The molecule has 1 aliphatic rings. The number of benzene rings is 1. The van der Waals surface area contributed by atoms with Crippen molar-refractivity contribution in [1.82, 2.24) is 10.3 Å². The Hall–Kier alpha value is -1.66. The minimum Gasteiger partial charge on any atom is -0.313 e. The Kier molecular flexibility index (Phi) is 3.82. The fourth-order valence-electron chi connectivity index (χ4n) is 2.30. The molecule has 0 atom stereocenters. The second-order valence-electron chi connectivity index (χ2n) is 5.48. The molecule has 1 aliphatic carbocycles. The molecule has 0 unspecified atom stereocenters. The molecule has 1 aromatic carbocycles. The SMILES string of the molecule is Cc1cc(NS(=O)(=O)CCNC2CC2)c2ccccc2n1. The zero-order valence-corrected chi connectivity index (χ0v) is 12.8. The van der Waals surface area contributed by atoms with Gasteiger partial charge in [0.1, 0.15) is 0 Å². The number of para-hydroxylation sites is 1. The Balaban J connectivity index is 1.79. The third-order valence-electron chi connectivity index (χ3n) is 3.49. The molecule has 0 spiro atoms. The first-order valence-electron chi connectivity index (χ1n) is 7.14. The van der Waals surface area contributed by atoms with Gasteiger partial charge < -0.3 is 5.32 Å². The lowest BCUT2D eigenvalue weighted by molar-refractivity contribution is 0.595. The molecular formula is C15H19N3O2S. The van der Waals surface area contributed by atoms with Crippen LogP contribution in [-0.4, -0.2) is 31.7 Å². The molecule has 1 heterocycles. The van der Waals surface area contributed by atoms with Crippen LogP contribution in [0, 0.1) is 6.92 Å². The molecule has 2 aromatic rings. The van der Waals surface area contributed by atoms with Crippen molar-refractivity contribution < 1.29 is 8.42 Å². The summed E-state index contributed by atoms with van der Waals surface area (Å²) in [7, 11) is -3.35. The van der Waals surface area contributed by atoms with Gasteiger partial charge in [-0.25, -0.2) is 8.42 Å². The maximum atomic E-state index is 12.2. The van der Waals surface area contributed by atoms with Crippen molar-refractivity contribution in [2.75, 3.05) is 17.0 Å². The number of aromatic nitrogens is 1. The van der Waals surface area contributed by atoms with Crippen molar-refractivity contribution >= 4 is 26.6 Å². The van der Waals surface area contributed by atoms with Crippen molar-refractivity contribution in [2.45, 2.75) is 25.8 Å². The highest BCUT2D eigenvalue weighted by Gasteiger charge is 2.21. The smallest absolute Gasteiger partial charge is 0.233 e. The Labute approximate surface area is 124 Å². The largest absolute Gasteiger partial charge is 0.313 e. The Morgan fingerprint density at radius 1 is 1.29 bits per heavy atom. The Morgan fingerprint density at radius 2 is 2.05 bits per heavy atom. The lowest BCUT2D eigenvalue weighted by atomic mass is 10.2. The van der Waals surface area contributed by atoms with Gasteiger partial charge in [0.05, 0.1) is 17.0 Å². The minimum atomic E-state index is -3.35. The molecule has 3 rings (SSSR count). The molecule has 0 saturated heterocycles. The van der Waals surface area contributed by atoms with E-state index >= 15 is 0 Å². The van der Waals surface area contributed by atoms with Crippen LogP contribution < -0.4 is 10.0 Å². The summed E-state index contributed by atoms with van der Waals surface area (Å²) >= 11 is 0. The Bertz CT molecular complexity index is 755. The third-order valence-corrected chi connectivity index (χ3v) is 4.76. The Morgan fingerprint density at radius 3 is 2.81 bits per heavy atom. The lowest BCUT2D eigenvalue weighted by Crippen LogP contribution is -2.28. The molecule has 0 aliphatic heterocycles. The van der Waals surface area contributed by atoms with Crippen LogP contribution >= 0.6 is 0 Å². The van der Waals surface area contributed by atoms with Crippen molar-refractivity contribution in [1.29, 1.82) is 0 Å². The highest BCUT2D eigenvalue weighted by atomic mass is 32.2. The van der Waals surface area contributed by atoms with Crippen molar-refractivity contribution in [3.8, 4) is 0 Å². The summed E-state index contributed by atoms with van der Waals surface area (Å²) < 4.78 is 27.1. The van der Waals surface area contributed by atoms with Gasteiger partial charge >= 0.3 is 0 Å². The third kappa shape index (κ3) is 3.71. The second kappa shape index (κ2) is 5.61. The summed E-state index contributed by atoms with van der Waals surface area (Å²) in [4.78, 5) is 4.41. The first-order valence-corrected chi connectivity index (χ1v) is 8.79. The maximum absolute atomic E-state index is 12.2. The normalized spacial score (nSPS) is 15.3. The molecule has 0 amide bonds. The van der Waals surface area contributed by atoms with Gasteiger partial charge in [-0.2, -0.15) is 0 Å². The van der Waals surface area contributed by atoms with Gasteiger partial charge in [-0.3, -0.25) is 9.71 Å². The predicted molar refractivity (Wildman–Crippen MR) is 84.9 cm³/mol. The number of nitrogens with one attached hydrogen (secondary N) is 2. The van der Waals surface area contributed by atoms with E-state index < -0.39 is 10.0 Å². The van der Waals surface area contributed by atoms with Crippen molar-refractivity contribution in [3.63, 3.8) is 0 Å². The quantitative estimate of drug-likeness (QED) is 0.857. The van der Waals surface area contributed by atoms with Crippen molar-refractivity contribution in [3.05, 3.63) is 36.0 Å². The summed E-state index contributed by atoms with van der Waals surface area (Å²) in [5, 5.41) is 4.04. The standard InChI is InChI=1S/C15H19N3O2S/c1-11-10-15(13-4-2-3-5-14(13)17-11)18-21(19,20)9-8-16-12-6-7-12/h2-5,10,12,16H,6-9H2,1H3,(H,17,18). The van der Waals surface area contributed by atoms with Gasteiger partial charge in [-0.05, 0) is 31.9 Å². The van der Waals surface area contributed by atoms with Crippen LogP contribution in [0.25, 0.3) is 10.9 Å². The fraction of sp³-hybridized carbons (Fsp3) is 0.400. The number of fused-ring (bicyclic) bond motifs is 1. The van der Waals surface area contributed by atoms with Crippen LogP contribution in [0.3, 0.4) is 0 Å². The molecule has 6 heteroatoms. The van der Waals surface area contributed by atoms with Gasteiger partial charge in [-0.15, -0.1) is 0 Å². The van der Waals surface area contributed by atoms with Crippen LogP contribution in [0.15, 0.2) is 30.3 Å². The zero-order chi connectivity index (χ0) is 14.9. The molecule has 21 heavy (non-hydrogen) atoms. The van der Waals surface area contributed by atoms with Gasteiger partial charge in [0.2, 0.25) is 10.0 Å². The zero-order valence-electron chi connectivity index (χ0n) is 12.0. The monoisotopic (exact) mass is 305 g/mol. The number of aryl methyl sites for hydroxylation is 1. The van der Waals surface area contributed by atoms with Crippen LogP contribution in [0.2, 0.25) is 0 Å². The summed E-state index contributed by atoms with van der Waals surface area (Å²) in [6.45, 7) is 2.35. The maximum Gasteiger partial charge on any atom is 0.233 e. The number of nitrogens with zero attached hydrogens (tertiary/aromatic N) is 1. The highest BCUT2D eigenvalue weighted by molar-refractivity contribution is 7.92. The minimum absolute atomic E-state index is 0.0825. The number of hydrogen-bond donors (Lipinski definition) is 2. The topological polar surface area (TPSA) is 71.1 Å². The number of sulfonamides is 1. The first-order chi connectivity index (χ1) is 10.0. The molecule has 0 radical (unpaired) electrons. The first kappa shape index (κ1) is 14.3. The molecule has 0 bridgehead atoms. The highest BCUT2D eigenvalue weighted by Crippen LogP contribution is 2.24. The van der Waals surface area contributed by atoms with Gasteiger partial charge in [0, 0.05) is 23.7 Å². The number of pyridine rings is 1. The van der Waals surface area contributed by atoms with Crippen molar-refractivity contribution in [2.24, 2.45) is 0 Å². The summed E-state index contributed by atoms with van der Waals surface area (Å²) in [5.41, 5.74) is 2.19. The average molecular weight is 305 g/mol. The van der Waals surface area contributed by atoms with E-state index in [0.29, 0.717) is 18.3 Å². The summed E-state index contributed by atoms with van der Waals surface area (Å²) in [6.07, 6.45) is 2.31. The fourth-order valence-corrected chi connectivity index (χ4v) is 3.29. The molecule has 5 nitrogen and oxygen atoms in total. The lowest BCUT2D eigenvalue weighted by Gasteiger charge is -2.11. The van der Waals surface area contributed by atoms with Crippen LogP contribution in [0.5, 0.6) is 0 Å². The van der Waals surface area contributed by atoms with E-state index in [1.165, 1.54) is 0 Å². The molecule has 1 fully saturated rings. The van der Waals surface area contributed by atoms with E-state index in [0.717, 1.165) is 29.4 Å². The second-order valence-corrected chi connectivity index (χ2v) is 7.32. The molecule has 2 N–H and O–H groups in total. The van der Waals surface area contributed by atoms with Crippen LogP contribution in [0.1, 0.15) is 18.5 Å². The van der Waals surface area contributed by atoms with E-state index in [1.807, 2.05) is 31.2 Å². The number of rotatable bonds is 6. The molecule has 1 aromatic heterocycles. The van der Waals surface area contributed by atoms with Gasteiger partial charge in [0.15, 0.2) is 0 Å². The van der Waals surface area contributed by atoms with Gasteiger partial charge in [-0.1, -0.05) is 18.2 Å². The van der Waals surface area contributed by atoms with E-state index in [9.17, 15) is 8.42 Å². The van der Waals surface area contributed by atoms with E-state index in [1.54, 1.807) is 6.07 Å². The van der Waals surface area contributed by atoms with Crippen LogP contribution in [0.4, 0.5) is 5.69 Å². The van der Waals surface area contributed by atoms with Crippen LogP contribution in [-0.2, 0) is 10.0 Å². The molecule has 112 valence electrons. The number of anilines is 1. The average Bonchev–Trinajstić information content (AvgIpc) is 3.22. The summed E-state index contributed by atoms with van der Waals surface area (Å²) in [5.74, 6) is 0.0825. The summed E-state index contributed by atoms with van der Waals surface area (Å²) in [6, 6.07) is 9.83. The van der Waals surface area contributed by atoms with E-state index in [-0.39, 0.29) is 5.75 Å². The van der Waals surface area contributed by atoms with E-state index in [4.69, 9.17) is 0 Å². The predicted octanol–water partition coefficient (Wildman–Crippen LogP) is 2.04.